The molecule has 4 nitrogen and oxygen atoms in total. The molecule has 266 valence electrons. The van der Waals surface area contributed by atoms with Crippen LogP contribution in [-0.2, 0) is 5.41 Å². The summed E-state index contributed by atoms with van der Waals surface area (Å²) < 4.78 is 2.46. The van der Waals surface area contributed by atoms with Crippen molar-refractivity contribution >= 4 is 65.8 Å². The minimum Gasteiger partial charge on any atom is -0.354 e. The van der Waals surface area contributed by atoms with E-state index in [-0.39, 0.29) is 11.7 Å². The quantitative estimate of drug-likeness (QED) is 0.194. The third-order valence-electron chi connectivity index (χ3n) is 12.7. The van der Waals surface area contributed by atoms with E-state index in [1.807, 2.05) is 0 Å². The number of aromatic amines is 1. The molecule has 1 atom stereocenters. The molecular formula is C52H38N4. The molecule has 0 fully saturated rings. The van der Waals surface area contributed by atoms with E-state index >= 15 is 0 Å². The van der Waals surface area contributed by atoms with Crippen LogP contribution in [0.4, 0.5) is 5.69 Å². The van der Waals surface area contributed by atoms with Crippen molar-refractivity contribution in [3.05, 3.63) is 186 Å². The lowest BCUT2D eigenvalue weighted by Gasteiger charge is -2.36. The Morgan fingerprint density at radius 3 is 2.11 bits per heavy atom. The van der Waals surface area contributed by atoms with Gasteiger partial charge in [0.05, 0.1) is 16.7 Å². The van der Waals surface area contributed by atoms with E-state index in [0.717, 1.165) is 33.4 Å². The predicted octanol–water partition coefficient (Wildman–Crippen LogP) is 13.0. The molecular weight excluding hydrogens is 681 g/mol. The largest absolute Gasteiger partial charge is 0.354 e. The Morgan fingerprint density at radius 1 is 0.518 bits per heavy atom. The van der Waals surface area contributed by atoms with Crippen LogP contribution < -0.4 is 4.90 Å². The molecule has 0 saturated heterocycles. The maximum Gasteiger partial charge on any atom is 0.203 e. The number of nitrogens with zero attached hydrogens (tertiary/aromatic N) is 3. The number of hydrogen-bond donors (Lipinski definition) is 1. The first-order valence-electron chi connectivity index (χ1n) is 19.6. The summed E-state index contributed by atoms with van der Waals surface area (Å²) in [6.07, 6.45) is -0.312. The number of para-hydroxylation sites is 2. The molecule has 1 N–H and O–H groups in total. The third-order valence-corrected chi connectivity index (χ3v) is 12.7. The first-order chi connectivity index (χ1) is 27.4. The molecule has 0 bridgehead atoms. The summed E-state index contributed by atoms with van der Waals surface area (Å²) in [5.74, 6) is 0. The van der Waals surface area contributed by atoms with E-state index in [2.05, 4.69) is 199 Å². The average molecular weight is 719 g/mol. The topological polar surface area (TPSA) is 36.3 Å². The molecule has 3 heterocycles. The SMILES string of the molecule is CN1c2ccccc2C(c2ccc3c(c2)C(C)(C)c2ccccc2-3)=NC1n1c2ccc(-c3ccc4c(c3)[nH]c3ccccc34)cc2c2c3ccccc3ccc21. The van der Waals surface area contributed by atoms with Gasteiger partial charge in [-0.3, -0.25) is 0 Å². The van der Waals surface area contributed by atoms with Crippen molar-refractivity contribution in [2.45, 2.75) is 25.6 Å². The zero-order chi connectivity index (χ0) is 37.3. The number of fused-ring (bicyclic) bond motifs is 12. The maximum absolute atomic E-state index is 5.76. The van der Waals surface area contributed by atoms with Crippen molar-refractivity contribution < 1.29 is 0 Å². The molecule has 0 amide bonds. The van der Waals surface area contributed by atoms with Gasteiger partial charge >= 0.3 is 0 Å². The van der Waals surface area contributed by atoms with Crippen LogP contribution in [0.3, 0.4) is 0 Å². The Hall–Kier alpha value is -6.91. The third kappa shape index (κ3) is 4.27. The molecule has 2 aromatic heterocycles. The van der Waals surface area contributed by atoms with Crippen LogP contribution in [0.5, 0.6) is 0 Å². The molecule has 10 aromatic rings. The molecule has 1 aliphatic carbocycles. The number of hydrogen-bond acceptors (Lipinski definition) is 2. The molecule has 8 aromatic carbocycles. The smallest absolute Gasteiger partial charge is 0.203 e. The minimum atomic E-state index is -0.312. The van der Waals surface area contributed by atoms with E-state index in [9.17, 15) is 0 Å². The van der Waals surface area contributed by atoms with Crippen LogP contribution in [0.25, 0.3) is 76.6 Å². The van der Waals surface area contributed by atoms with E-state index < -0.39 is 0 Å². The molecule has 0 spiro atoms. The molecule has 1 aliphatic heterocycles. The van der Waals surface area contributed by atoms with Crippen LogP contribution in [0.2, 0.25) is 0 Å². The fraction of sp³-hybridized carbons (Fsp3) is 0.0962. The van der Waals surface area contributed by atoms with Crippen molar-refractivity contribution in [1.82, 2.24) is 9.55 Å². The fourth-order valence-electron chi connectivity index (χ4n) is 9.97. The number of anilines is 1. The number of H-pyrrole nitrogens is 1. The van der Waals surface area contributed by atoms with Crippen molar-refractivity contribution in [2.75, 3.05) is 11.9 Å². The van der Waals surface area contributed by atoms with E-state index in [0.29, 0.717) is 0 Å². The summed E-state index contributed by atoms with van der Waals surface area (Å²) in [5, 5.41) is 7.47. The van der Waals surface area contributed by atoms with Gasteiger partial charge in [0.25, 0.3) is 0 Å². The Labute approximate surface area is 325 Å². The highest BCUT2D eigenvalue weighted by molar-refractivity contribution is 6.22. The lowest BCUT2D eigenvalue weighted by atomic mass is 9.81. The number of rotatable bonds is 3. The minimum absolute atomic E-state index is 0.0999. The van der Waals surface area contributed by atoms with E-state index in [1.54, 1.807) is 0 Å². The van der Waals surface area contributed by atoms with Gasteiger partial charge in [-0.25, -0.2) is 4.99 Å². The second-order valence-corrected chi connectivity index (χ2v) is 16.1. The van der Waals surface area contributed by atoms with Gasteiger partial charge < -0.3 is 14.5 Å². The fourth-order valence-corrected chi connectivity index (χ4v) is 9.97. The molecule has 12 rings (SSSR count). The summed E-state index contributed by atoms with van der Waals surface area (Å²) >= 11 is 0. The second kappa shape index (κ2) is 11.3. The van der Waals surface area contributed by atoms with Crippen LogP contribution in [0, 0.1) is 0 Å². The van der Waals surface area contributed by atoms with Crippen LogP contribution in [0.1, 0.15) is 42.4 Å². The van der Waals surface area contributed by atoms with Gasteiger partial charge in [0.1, 0.15) is 0 Å². The molecule has 4 heteroatoms. The molecule has 0 saturated carbocycles. The summed E-state index contributed by atoms with van der Waals surface area (Å²) in [5.41, 5.74) is 16.8. The monoisotopic (exact) mass is 718 g/mol. The van der Waals surface area contributed by atoms with Crippen molar-refractivity contribution in [3.8, 4) is 22.3 Å². The van der Waals surface area contributed by atoms with Gasteiger partial charge in [-0.1, -0.05) is 135 Å². The second-order valence-electron chi connectivity index (χ2n) is 16.1. The first kappa shape index (κ1) is 31.4. The van der Waals surface area contributed by atoms with Gasteiger partial charge in [0.2, 0.25) is 6.29 Å². The van der Waals surface area contributed by atoms with E-state index in [1.165, 1.54) is 76.9 Å². The number of aromatic nitrogens is 2. The Balaban J connectivity index is 1.08. The predicted molar refractivity (Wildman–Crippen MR) is 235 cm³/mol. The Morgan fingerprint density at radius 2 is 1.20 bits per heavy atom. The zero-order valence-corrected chi connectivity index (χ0v) is 31.5. The summed E-state index contributed by atoms with van der Waals surface area (Å²) in [6, 6.07) is 60.3. The standard InChI is InChI=1S/C52H38N4/c1-52(2)42-17-9-6-14-36(42)37-24-21-34(29-43(37)52)50-40-16-8-11-19-46(40)55(3)51(54-50)56-47-26-23-32(28-41(47)49-35-13-5-4-12-31(35)22-27-48(49)56)33-20-25-39-38-15-7-10-18-44(38)53-45(39)30-33/h4-30,51,53H,1-3H3. The molecule has 0 radical (unpaired) electrons. The lowest BCUT2D eigenvalue weighted by molar-refractivity contribution is 0.540. The summed E-state index contributed by atoms with van der Waals surface area (Å²) in [6.45, 7) is 4.70. The molecule has 2 aliphatic rings. The normalized spacial score (nSPS) is 15.8. The van der Waals surface area contributed by atoms with Crippen LogP contribution >= 0.6 is 0 Å². The van der Waals surface area contributed by atoms with Gasteiger partial charge in [0.15, 0.2) is 0 Å². The van der Waals surface area contributed by atoms with Crippen molar-refractivity contribution in [1.29, 1.82) is 0 Å². The Bertz CT molecular complexity index is 3320. The number of nitrogens with one attached hydrogen (secondary N) is 1. The number of aliphatic imine (C=N–C) groups is 1. The maximum atomic E-state index is 5.76. The first-order valence-corrected chi connectivity index (χ1v) is 19.6. The zero-order valence-electron chi connectivity index (χ0n) is 31.5. The van der Waals surface area contributed by atoms with Crippen molar-refractivity contribution in [3.63, 3.8) is 0 Å². The van der Waals surface area contributed by atoms with E-state index in [4.69, 9.17) is 4.99 Å². The van der Waals surface area contributed by atoms with Gasteiger partial charge in [0, 0.05) is 61.9 Å². The molecule has 56 heavy (non-hydrogen) atoms. The summed E-state index contributed by atoms with van der Waals surface area (Å²) in [4.78, 5) is 11.8. The number of benzene rings is 8. The lowest BCUT2D eigenvalue weighted by Crippen LogP contribution is -2.33. The highest BCUT2D eigenvalue weighted by atomic mass is 15.4. The van der Waals surface area contributed by atoms with Crippen LogP contribution in [-0.4, -0.2) is 22.3 Å². The van der Waals surface area contributed by atoms with Gasteiger partial charge in [-0.15, -0.1) is 0 Å². The molecule has 1 unspecified atom stereocenters. The Kier molecular flexibility index (Phi) is 6.35. The highest BCUT2D eigenvalue weighted by Crippen LogP contribution is 2.49. The highest BCUT2D eigenvalue weighted by Gasteiger charge is 2.36. The van der Waals surface area contributed by atoms with Gasteiger partial charge in [-0.05, 0) is 86.6 Å². The van der Waals surface area contributed by atoms with Crippen LogP contribution in [0.15, 0.2) is 169 Å². The van der Waals surface area contributed by atoms with Gasteiger partial charge in [-0.2, -0.15) is 0 Å². The average Bonchev–Trinajstić information content (AvgIpc) is 3.86. The van der Waals surface area contributed by atoms with Crippen molar-refractivity contribution in [2.24, 2.45) is 4.99 Å². The summed E-state index contributed by atoms with van der Waals surface area (Å²) in [7, 11) is 2.19.